The molecule has 4 aromatic carbocycles. The highest BCUT2D eigenvalue weighted by Crippen LogP contribution is 2.60. The van der Waals surface area contributed by atoms with Crippen LogP contribution in [0, 0.1) is 70.1 Å². The molecule has 7 fully saturated rings. The van der Waals surface area contributed by atoms with E-state index in [0.717, 1.165) is 110 Å². The molecule has 0 aliphatic heterocycles. The van der Waals surface area contributed by atoms with E-state index in [9.17, 15) is 17.6 Å². The zero-order valence-corrected chi connectivity index (χ0v) is 61.3. The number of fused-ring (bicyclic) bond motifs is 3. The third kappa shape index (κ3) is 22.4. The molecule has 0 amide bonds. The van der Waals surface area contributed by atoms with Gasteiger partial charge in [0.2, 0.25) is 0 Å². The summed E-state index contributed by atoms with van der Waals surface area (Å²) >= 11 is 0. The Hall–Kier alpha value is -3.80. The van der Waals surface area contributed by atoms with Gasteiger partial charge in [-0.15, -0.1) is 0 Å². The average molecular weight is 1300 g/mol. The van der Waals surface area contributed by atoms with Crippen LogP contribution in [0.4, 0.5) is 17.6 Å². The number of benzene rings is 4. The normalized spacial score (nSPS) is 27.1. The number of ether oxygens (including phenoxy) is 2. The fraction of sp³-hybridized carbons (Fsp3) is 0.727. The van der Waals surface area contributed by atoms with Gasteiger partial charge in [0.25, 0.3) is 0 Å². The lowest BCUT2D eigenvalue weighted by Crippen LogP contribution is -2.44. The molecule has 94 heavy (non-hydrogen) atoms. The molecule has 2 nitrogen and oxygen atoms in total. The molecule has 0 heterocycles. The molecule has 526 valence electrons. The first-order chi connectivity index (χ1) is 45.6. The first-order valence-electron chi connectivity index (χ1n) is 40.1. The van der Waals surface area contributed by atoms with Crippen molar-refractivity contribution in [3.63, 3.8) is 0 Å². The average Bonchev–Trinajstić information content (AvgIpc) is 0.750. The van der Waals surface area contributed by atoms with Crippen molar-refractivity contribution < 1.29 is 27.0 Å². The van der Waals surface area contributed by atoms with Gasteiger partial charge in [0.1, 0.15) is 0 Å². The van der Waals surface area contributed by atoms with Crippen LogP contribution in [0.1, 0.15) is 360 Å². The Morgan fingerprint density at radius 3 is 1.22 bits per heavy atom. The quantitative estimate of drug-likeness (QED) is 0.0369. The van der Waals surface area contributed by atoms with E-state index in [1.165, 1.54) is 242 Å². The van der Waals surface area contributed by atoms with Gasteiger partial charge in [0, 0.05) is 0 Å². The Labute approximate surface area is 573 Å². The van der Waals surface area contributed by atoms with E-state index in [0.29, 0.717) is 16.4 Å². The molecular weight excluding hydrogens is 1160 g/mol. The molecule has 3 atom stereocenters. The van der Waals surface area contributed by atoms with Crippen molar-refractivity contribution >= 4 is 0 Å². The topological polar surface area (TPSA) is 18.5 Å². The minimum absolute atomic E-state index is 0.162. The fourth-order valence-electron chi connectivity index (χ4n) is 18.9. The summed E-state index contributed by atoms with van der Waals surface area (Å²) in [6.07, 6.45) is 53.9. The molecule has 0 aromatic heterocycles. The summed E-state index contributed by atoms with van der Waals surface area (Å²) in [5, 5.41) is 0. The maximum Gasteiger partial charge on any atom is 0.191 e. The van der Waals surface area contributed by atoms with E-state index in [1.54, 1.807) is 17.7 Å². The Kier molecular flexibility index (Phi) is 31.6. The number of hydrogen-bond donors (Lipinski definition) is 0. The highest BCUT2D eigenvalue weighted by Gasteiger charge is 2.49. The Bertz CT molecular complexity index is 2670. The predicted octanol–water partition coefficient (Wildman–Crippen LogP) is 28.3. The van der Waals surface area contributed by atoms with Crippen molar-refractivity contribution in [3.8, 4) is 22.6 Å². The van der Waals surface area contributed by atoms with E-state index < -0.39 is 23.3 Å². The van der Waals surface area contributed by atoms with E-state index in [4.69, 9.17) is 9.47 Å². The van der Waals surface area contributed by atoms with Crippen molar-refractivity contribution in [3.05, 3.63) is 118 Å². The molecule has 0 N–H and O–H groups in total. The maximum atomic E-state index is 14.9. The number of halogens is 4. The van der Waals surface area contributed by atoms with Crippen LogP contribution in [-0.4, -0.2) is 12.2 Å². The lowest BCUT2D eigenvalue weighted by Gasteiger charge is -2.54. The summed E-state index contributed by atoms with van der Waals surface area (Å²) in [5.41, 5.74) is 7.70. The van der Waals surface area contributed by atoms with Crippen LogP contribution < -0.4 is 9.47 Å². The molecule has 0 spiro atoms. The van der Waals surface area contributed by atoms with Crippen LogP contribution in [0.5, 0.6) is 11.5 Å². The number of rotatable bonds is 31. The number of unbranched alkanes of at least 4 members (excludes halogenated alkanes) is 8. The monoisotopic (exact) mass is 1300 g/mol. The minimum Gasteiger partial charge on any atom is -0.485 e. The predicted molar refractivity (Wildman–Crippen MR) is 392 cm³/mol. The molecule has 7 aliphatic carbocycles. The van der Waals surface area contributed by atoms with Gasteiger partial charge in [-0.05, 0) is 290 Å². The second kappa shape index (κ2) is 39.1. The van der Waals surface area contributed by atoms with Gasteiger partial charge in [-0.25, -0.2) is 17.6 Å². The Balaban J connectivity index is 0.000000183. The Morgan fingerprint density at radius 1 is 0.404 bits per heavy atom. The molecule has 3 unspecified atom stereocenters. The summed E-state index contributed by atoms with van der Waals surface area (Å²) in [6, 6.07) is 24.1. The molecule has 0 radical (unpaired) electrons. The van der Waals surface area contributed by atoms with Gasteiger partial charge in [0.05, 0.1) is 12.2 Å². The molecule has 6 heteroatoms. The SMILES string of the molecule is CCCC1CCC(C2CCC(c3ccc(CC(C)CC)cc3)CC2)CC1.CCCCCCC(C)Oc1c(F)cc(-c2ccc(C34CCC(CCCCC)(CC3)CC4)cc2)cc1F.CCCCCCC(C)Oc1c(F)cc(C2CCC(C3CCC(CCC)CC3)CC2)cc1F. The van der Waals surface area contributed by atoms with E-state index in [1.807, 2.05) is 26.0 Å². The van der Waals surface area contributed by atoms with E-state index in [-0.39, 0.29) is 29.6 Å². The van der Waals surface area contributed by atoms with Crippen LogP contribution >= 0.6 is 0 Å². The first-order valence-corrected chi connectivity index (χ1v) is 40.1. The molecule has 7 aliphatic rings. The second-order valence-electron chi connectivity index (χ2n) is 32.3. The molecule has 11 rings (SSSR count). The van der Waals surface area contributed by atoms with Gasteiger partial charge in [0.15, 0.2) is 34.8 Å². The summed E-state index contributed by atoms with van der Waals surface area (Å²) in [7, 11) is 0. The van der Waals surface area contributed by atoms with Crippen LogP contribution in [0.3, 0.4) is 0 Å². The third-order valence-corrected chi connectivity index (χ3v) is 25.4. The van der Waals surface area contributed by atoms with Crippen LogP contribution in [0.25, 0.3) is 11.1 Å². The van der Waals surface area contributed by atoms with Crippen LogP contribution in [-0.2, 0) is 11.8 Å². The second-order valence-corrected chi connectivity index (χ2v) is 32.3. The standard InChI is InChI=1S/C33H46F2O.C29H46F2O.C26H42/c1-4-6-8-9-11-25(3)36-31-29(34)23-27(24-30(31)35)26-12-14-28(15-13-26)33-20-17-32(18-21-33,19-22-33)16-10-7-5-2;1-4-6-7-8-10-21(3)32-29-27(30)19-26(20-28(29)31)25-17-15-24(16-18-25)23-13-11-22(9-5-2)12-14-23;1-4-6-21-7-11-23(12-8-21)25-15-17-26(18-16-25)24-13-9-22(10-14-24)19-20(3)5-2/h12-15,23-25H,4-11,16-22H2,1-3H3;19-25H,4-18H2,1-3H3;9-10,13-14,20-21,23,25-26H,4-8,11-12,15-19H2,1-3H3. The van der Waals surface area contributed by atoms with Gasteiger partial charge >= 0.3 is 0 Å². The van der Waals surface area contributed by atoms with Crippen molar-refractivity contribution in [2.24, 2.45) is 46.8 Å². The first kappa shape index (κ1) is 76.0. The fourth-order valence-corrected chi connectivity index (χ4v) is 18.9. The molecular formula is C88H134F4O2. The summed E-state index contributed by atoms with van der Waals surface area (Å²) in [5.74, 6) is 5.01. The van der Waals surface area contributed by atoms with E-state index >= 15 is 0 Å². The van der Waals surface area contributed by atoms with Crippen LogP contribution in [0.15, 0.2) is 72.8 Å². The smallest absolute Gasteiger partial charge is 0.191 e. The Morgan fingerprint density at radius 2 is 0.809 bits per heavy atom. The highest BCUT2D eigenvalue weighted by molar-refractivity contribution is 5.65. The molecule has 4 aromatic rings. The van der Waals surface area contributed by atoms with Gasteiger partial charge in [-0.2, -0.15) is 0 Å². The zero-order chi connectivity index (χ0) is 66.9. The van der Waals surface area contributed by atoms with Gasteiger partial charge in [-0.1, -0.05) is 213 Å². The maximum absolute atomic E-state index is 14.9. The largest absolute Gasteiger partial charge is 0.485 e. The molecule has 2 bridgehead atoms. The van der Waals surface area contributed by atoms with Crippen molar-refractivity contribution in [2.45, 2.75) is 361 Å². The zero-order valence-electron chi connectivity index (χ0n) is 61.3. The molecule has 0 saturated heterocycles. The van der Waals surface area contributed by atoms with Gasteiger partial charge < -0.3 is 9.47 Å². The van der Waals surface area contributed by atoms with Crippen molar-refractivity contribution in [2.75, 3.05) is 0 Å². The van der Waals surface area contributed by atoms with Crippen molar-refractivity contribution in [1.82, 2.24) is 0 Å². The minimum atomic E-state index is -0.618. The summed E-state index contributed by atoms with van der Waals surface area (Å²) in [6.45, 7) is 19.8. The summed E-state index contributed by atoms with van der Waals surface area (Å²) in [4.78, 5) is 0. The number of hydrogen-bond acceptors (Lipinski definition) is 2. The molecule has 7 saturated carbocycles. The summed E-state index contributed by atoms with van der Waals surface area (Å²) < 4.78 is 70.6. The van der Waals surface area contributed by atoms with Gasteiger partial charge in [-0.3, -0.25) is 0 Å². The lowest BCUT2D eigenvalue weighted by molar-refractivity contribution is 0.0305. The van der Waals surface area contributed by atoms with Crippen molar-refractivity contribution in [1.29, 1.82) is 0 Å². The van der Waals surface area contributed by atoms with Crippen LogP contribution in [0.2, 0.25) is 0 Å². The van der Waals surface area contributed by atoms with E-state index in [2.05, 4.69) is 84.9 Å². The third-order valence-electron chi connectivity index (χ3n) is 25.4. The lowest BCUT2D eigenvalue weighted by atomic mass is 9.51. The highest BCUT2D eigenvalue weighted by atomic mass is 19.1.